The average Bonchev–Trinajstić information content (AvgIpc) is 3.43. The number of rotatable bonds is 6. The molecule has 40 heavy (non-hydrogen) atoms. The molecular formula is C30H30N4O6. The lowest BCUT2D eigenvalue weighted by Crippen LogP contribution is -2.36. The minimum atomic E-state index is -0.777. The van der Waals surface area contributed by atoms with Crippen molar-refractivity contribution in [1.29, 1.82) is 0 Å². The van der Waals surface area contributed by atoms with Crippen molar-refractivity contribution < 1.29 is 19.1 Å². The number of hydrogen-bond donors (Lipinski definition) is 2. The van der Waals surface area contributed by atoms with Crippen molar-refractivity contribution in [2.24, 2.45) is 14.1 Å². The maximum absolute atomic E-state index is 13.8. The molecule has 0 saturated heterocycles. The minimum Gasteiger partial charge on any atom is -0.502 e. The maximum atomic E-state index is 13.8. The van der Waals surface area contributed by atoms with Gasteiger partial charge in [0.2, 0.25) is 17.1 Å². The molecule has 2 N–H and O–H groups in total. The van der Waals surface area contributed by atoms with Gasteiger partial charge in [-0.15, -0.1) is 0 Å². The molecule has 3 aromatic heterocycles. The van der Waals surface area contributed by atoms with Gasteiger partial charge in [-0.3, -0.25) is 18.7 Å². The first kappa shape index (κ1) is 25.7. The average molecular weight is 543 g/mol. The molecule has 1 unspecified atom stereocenters. The molecule has 1 aliphatic heterocycles. The molecule has 0 radical (unpaired) electrons. The first-order valence-corrected chi connectivity index (χ1v) is 13.1. The van der Waals surface area contributed by atoms with Crippen LogP contribution >= 0.6 is 0 Å². The molecule has 0 fully saturated rings. The molecule has 1 aliphatic rings. The highest BCUT2D eigenvalue weighted by atomic mass is 16.5. The molecule has 5 aromatic rings. The van der Waals surface area contributed by atoms with Crippen LogP contribution in [0.15, 0.2) is 62.5 Å². The number of hydrogen-bond acceptors (Lipinski definition) is 6. The number of aryl methyl sites for hydroxylation is 2. The zero-order valence-corrected chi connectivity index (χ0v) is 22.6. The summed E-state index contributed by atoms with van der Waals surface area (Å²) in [6, 6.07) is 14.7. The Balaban J connectivity index is 1.40. The minimum absolute atomic E-state index is 0.00325. The first-order valence-electron chi connectivity index (χ1n) is 13.1. The van der Waals surface area contributed by atoms with Gasteiger partial charge in [-0.1, -0.05) is 24.3 Å². The predicted molar refractivity (Wildman–Crippen MR) is 149 cm³/mol. The molecule has 0 spiro atoms. The Morgan fingerprint density at radius 3 is 2.67 bits per heavy atom. The van der Waals surface area contributed by atoms with E-state index in [0.29, 0.717) is 24.2 Å². The number of methoxy groups -OCH3 is 1. The third-order valence-electron chi connectivity index (χ3n) is 7.92. The second-order valence-electron chi connectivity index (χ2n) is 10.3. The van der Waals surface area contributed by atoms with Gasteiger partial charge in [0.25, 0.3) is 0 Å². The number of H-pyrrole nitrogens is 1. The summed E-state index contributed by atoms with van der Waals surface area (Å²) < 4.78 is 14.2. The highest BCUT2D eigenvalue weighted by Crippen LogP contribution is 2.36. The highest BCUT2D eigenvalue weighted by Gasteiger charge is 2.31. The molecule has 0 saturated carbocycles. The van der Waals surface area contributed by atoms with E-state index in [1.807, 2.05) is 24.3 Å². The van der Waals surface area contributed by atoms with Gasteiger partial charge in [-0.2, -0.15) is 0 Å². The number of nitrogens with zero attached hydrogens (tertiary/aromatic N) is 3. The summed E-state index contributed by atoms with van der Waals surface area (Å²) in [5, 5.41) is 12.0. The third-order valence-corrected chi connectivity index (χ3v) is 7.92. The maximum Gasteiger partial charge on any atom is 0.328 e. The molecule has 206 valence electrons. The van der Waals surface area contributed by atoms with Crippen molar-refractivity contribution in [1.82, 2.24) is 19.0 Å². The van der Waals surface area contributed by atoms with E-state index in [4.69, 9.17) is 9.15 Å². The zero-order chi connectivity index (χ0) is 28.1. The van der Waals surface area contributed by atoms with E-state index in [1.54, 1.807) is 35.7 Å². The van der Waals surface area contributed by atoms with Crippen LogP contribution in [-0.4, -0.2) is 43.7 Å². The number of nitrogens with one attached hydrogen (secondary N) is 1. The Hall–Kier alpha value is -4.57. The number of amides is 1. The van der Waals surface area contributed by atoms with Crippen LogP contribution in [0.25, 0.3) is 21.9 Å². The summed E-state index contributed by atoms with van der Waals surface area (Å²) >= 11 is 0. The fraction of sp³-hybridized carbons (Fsp3) is 0.300. The quantitative estimate of drug-likeness (QED) is 0.340. The number of carbonyl (C=O) groups excluding carboxylic acids is 1. The van der Waals surface area contributed by atoms with E-state index in [0.717, 1.165) is 23.1 Å². The molecule has 0 aliphatic carbocycles. The monoisotopic (exact) mass is 542 g/mol. The first-order chi connectivity index (χ1) is 19.3. The van der Waals surface area contributed by atoms with Gasteiger partial charge in [0.1, 0.15) is 12.4 Å². The number of fused-ring (bicyclic) bond motifs is 4. The Morgan fingerprint density at radius 2 is 1.88 bits per heavy atom. The number of carbonyl (C=O) groups is 1. The van der Waals surface area contributed by atoms with Crippen molar-refractivity contribution in [2.45, 2.75) is 31.9 Å². The Morgan fingerprint density at radius 1 is 1.10 bits per heavy atom. The van der Waals surface area contributed by atoms with Crippen LogP contribution in [0.5, 0.6) is 5.75 Å². The molecule has 10 heteroatoms. The second-order valence-corrected chi connectivity index (χ2v) is 10.3. The molecule has 6 rings (SSSR count). The smallest absolute Gasteiger partial charge is 0.328 e. The number of aromatic amines is 1. The standard InChI is InChI=1S/C30H30N4O6/c1-32-24-9-8-17(12-25(24)33(2)30(32)38)21(29-28(37)26(35)13-18(40-29)16-39-3)14-27(36)34-11-10-20-19-6-4-5-7-22(19)31-23(20)15-34/h4-9,12-13,21,31,37H,10-11,14-16H2,1-3H3. The number of benzene rings is 2. The lowest BCUT2D eigenvalue weighted by Gasteiger charge is -2.29. The molecule has 10 nitrogen and oxygen atoms in total. The molecule has 2 aromatic carbocycles. The number of aromatic hydroxyl groups is 1. The summed E-state index contributed by atoms with van der Waals surface area (Å²) in [7, 11) is 4.85. The normalized spacial score (nSPS) is 14.1. The van der Waals surface area contributed by atoms with Crippen molar-refractivity contribution in [3.8, 4) is 5.75 Å². The lowest BCUT2D eigenvalue weighted by molar-refractivity contribution is -0.132. The van der Waals surface area contributed by atoms with E-state index in [9.17, 15) is 19.5 Å². The van der Waals surface area contributed by atoms with Gasteiger partial charge < -0.3 is 24.1 Å². The van der Waals surface area contributed by atoms with E-state index in [1.165, 1.54) is 28.7 Å². The molecule has 4 heterocycles. The fourth-order valence-corrected chi connectivity index (χ4v) is 5.82. The Labute approximate surface area is 229 Å². The number of aromatic nitrogens is 3. The summed E-state index contributed by atoms with van der Waals surface area (Å²) in [6.07, 6.45) is 0.673. The Kier molecular flexibility index (Phi) is 6.34. The van der Waals surface area contributed by atoms with Crippen LogP contribution in [-0.2, 0) is 43.2 Å². The number of ether oxygens (including phenoxy) is 1. The van der Waals surface area contributed by atoms with Crippen LogP contribution in [0.4, 0.5) is 0 Å². The summed E-state index contributed by atoms with van der Waals surface area (Å²) in [5.74, 6) is -1.23. The van der Waals surface area contributed by atoms with Crippen LogP contribution in [0, 0.1) is 0 Å². The SMILES string of the molecule is COCc1cc(=O)c(O)c(C(CC(=O)N2CCc3c([nH]c4ccccc34)C2)c2ccc3c(c2)n(C)c(=O)n3C)o1. The number of imidazole rings is 1. The van der Waals surface area contributed by atoms with Gasteiger partial charge in [0.15, 0.2) is 5.76 Å². The predicted octanol–water partition coefficient (Wildman–Crippen LogP) is 3.27. The number of para-hydroxylation sites is 1. The van der Waals surface area contributed by atoms with Crippen LogP contribution in [0.2, 0.25) is 0 Å². The van der Waals surface area contributed by atoms with Gasteiger partial charge >= 0.3 is 5.69 Å². The van der Waals surface area contributed by atoms with Gasteiger partial charge in [0.05, 0.1) is 23.5 Å². The van der Waals surface area contributed by atoms with Crippen molar-refractivity contribution >= 4 is 27.8 Å². The summed E-state index contributed by atoms with van der Waals surface area (Å²) in [6.45, 7) is 1.01. The van der Waals surface area contributed by atoms with Crippen LogP contribution < -0.4 is 11.1 Å². The largest absolute Gasteiger partial charge is 0.502 e. The van der Waals surface area contributed by atoms with Gasteiger partial charge in [-0.05, 0) is 35.7 Å². The fourth-order valence-electron chi connectivity index (χ4n) is 5.82. The third kappa shape index (κ3) is 4.21. The van der Waals surface area contributed by atoms with E-state index >= 15 is 0 Å². The van der Waals surface area contributed by atoms with Gasteiger partial charge in [0, 0.05) is 56.8 Å². The highest BCUT2D eigenvalue weighted by molar-refractivity contribution is 5.86. The van der Waals surface area contributed by atoms with Crippen LogP contribution in [0.3, 0.4) is 0 Å². The van der Waals surface area contributed by atoms with E-state index < -0.39 is 17.1 Å². The van der Waals surface area contributed by atoms with Gasteiger partial charge in [-0.25, -0.2) is 4.79 Å². The van der Waals surface area contributed by atoms with Crippen molar-refractivity contribution in [2.75, 3.05) is 13.7 Å². The van der Waals surface area contributed by atoms with Crippen LogP contribution in [0.1, 0.15) is 40.7 Å². The Bertz CT molecular complexity index is 1890. The topological polar surface area (TPSA) is 123 Å². The van der Waals surface area contributed by atoms with E-state index in [2.05, 4.69) is 11.1 Å². The molecular weight excluding hydrogens is 512 g/mol. The van der Waals surface area contributed by atoms with E-state index in [-0.39, 0.29) is 36.1 Å². The zero-order valence-electron chi connectivity index (χ0n) is 22.6. The lowest BCUT2D eigenvalue weighted by atomic mass is 9.90. The van der Waals surface area contributed by atoms with Crippen molar-refractivity contribution in [3.05, 3.63) is 97.6 Å². The summed E-state index contributed by atoms with van der Waals surface area (Å²) in [5.41, 5.74) is 4.51. The van der Waals surface area contributed by atoms with Crippen molar-refractivity contribution in [3.63, 3.8) is 0 Å². The molecule has 0 bridgehead atoms. The second kappa shape index (κ2) is 9.87. The molecule has 1 amide bonds. The molecule has 1 atom stereocenters. The summed E-state index contributed by atoms with van der Waals surface area (Å²) in [4.78, 5) is 44.3.